The smallest absolute Gasteiger partial charge is 0.408 e. The van der Waals surface area contributed by atoms with E-state index < -0.39 is 5.76 Å². The topological polar surface area (TPSA) is 75.1 Å². The van der Waals surface area contributed by atoms with E-state index in [9.17, 15) is 9.59 Å². The zero-order chi connectivity index (χ0) is 16.1. The summed E-state index contributed by atoms with van der Waals surface area (Å²) in [6.07, 6.45) is 3.28. The molecule has 0 saturated heterocycles. The summed E-state index contributed by atoms with van der Waals surface area (Å²) in [6.45, 7) is 0. The molecule has 2 aromatic carbocycles. The van der Waals surface area contributed by atoms with E-state index in [1.165, 1.54) is 5.56 Å². The van der Waals surface area contributed by atoms with E-state index in [0.29, 0.717) is 23.2 Å². The van der Waals surface area contributed by atoms with E-state index in [2.05, 4.69) is 22.4 Å². The van der Waals surface area contributed by atoms with Gasteiger partial charge in [-0.05, 0) is 43.0 Å². The van der Waals surface area contributed by atoms with Gasteiger partial charge in [-0.2, -0.15) is 0 Å². The lowest BCUT2D eigenvalue weighted by atomic mass is 10.1. The Morgan fingerprint density at radius 1 is 1.09 bits per heavy atom. The molecule has 2 N–H and O–H groups in total. The van der Waals surface area contributed by atoms with Gasteiger partial charge in [0, 0.05) is 12.1 Å². The number of aryl methyl sites for hydroxylation is 1. The molecule has 23 heavy (non-hydrogen) atoms. The van der Waals surface area contributed by atoms with Crippen LogP contribution < -0.4 is 11.1 Å². The van der Waals surface area contributed by atoms with Crippen molar-refractivity contribution in [3.05, 3.63) is 64.6 Å². The number of hydrogen-bond acceptors (Lipinski definition) is 3. The third kappa shape index (κ3) is 4.10. The number of rotatable bonds is 6. The van der Waals surface area contributed by atoms with Crippen LogP contribution in [-0.2, 0) is 11.2 Å². The predicted molar refractivity (Wildman–Crippen MR) is 89.5 cm³/mol. The van der Waals surface area contributed by atoms with Gasteiger partial charge in [0.1, 0.15) is 0 Å². The van der Waals surface area contributed by atoms with Crippen LogP contribution in [0.1, 0.15) is 24.8 Å². The molecule has 0 aliphatic rings. The lowest BCUT2D eigenvalue weighted by Crippen LogP contribution is -2.11. The van der Waals surface area contributed by atoms with E-state index in [1.54, 1.807) is 18.2 Å². The summed E-state index contributed by atoms with van der Waals surface area (Å²) in [5.41, 5.74) is 3.01. The number of oxazole rings is 1. The first-order chi connectivity index (χ1) is 11.2. The number of carbonyl (C=O) groups excluding carboxylic acids is 1. The van der Waals surface area contributed by atoms with E-state index in [1.807, 2.05) is 18.2 Å². The molecule has 0 aliphatic heterocycles. The minimum absolute atomic E-state index is 0.0248. The van der Waals surface area contributed by atoms with Crippen LogP contribution in [0.25, 0.3) is 11.1 Å². The molecule has 0 unspecified atom stereocenters. The van der Waals surface area contributed by atoms with Crippen molar-refractivity contribution >= 4 is 22.7 Å². The second kappa shape index (κ2) is 6.96. The van der Waals surface area contributed by atoms with E-state index in [-0.39, 0.29) is 5.91 Å². The molecule has 118 valence electrons. The molecule has 3 rings (SSSR count). The summed E-state index contributed by atoms with van der Waals surface area (Å²) in [5.74, 6) is -0.521. The number of nitrogens with one attached hydrogen (secondary N) is 2. The zero-order valence-electron chi connectivity index (χ0n) is 12.7. The lowest BCUT2D eigenvalue weighted by molar-refractivity contribution is -0.116. The highest BCUT2D eigenvalue weighted by Gasteiger charge is 2.05. The highest BCUT2D eigenvalue weighted by molar-refractivity contribution is 5.92. The summed E-state index contributed by atoms with van der Waals surface area (Å²) in [5, 5.41) is 2.84. The second-order valence-corrected chi connectivity index (χ2v) is 5.47. The average Bonchev–Trinajstić information content (AvgIpc) is 2.92. The van der Waals surface area contributed by atoms with Crippen LogP contribution in [0.15, 0.2) is 57.7 Å². The zero-order valence-corrected chi connectivity index (χ0v) is 12.7. The first-order valence-corrected chi connectivity index (χ1v) is 7.67. The molecule has 1 amide bonds. The van der Waals surface area contributed by atoms with Crippen LogP contribution in [0.3, 0.4) is 0 Å². The first kappa shape index (κ1) is 15.1. The Balaban J connectivity index is 1.47. The van der Waals surface area contributed by atoms with Gasteiger partial charge in [0.25, 0.3) is 0 Å². The van der Waals surface area contributed by atoms with Crippen molar-refractivity contribution in [2.45, 2.75) is 25.7 Å². The normalized spacial score (nSPS) is 10.8. The van der Waals surface area contributed by atoms with E-state index in [0.717, 1.165) is 19.3 Å². The van der Waals surface area contributed by atoms with Gasteiger partial charge < -0.3 is 9.73 Å². The minimum Gasteiger partial charge on any atom is -0.408 e. The number of carbonyl (C=O) groups is 1. The van der Waals surface area contributed by atoms with Crippen LogP contribution in [0, 0.1) is 0 Å². The minimum atomic E-state index is -0.496. The molecule has 3 aromatic rings. The standard InChI is InChI=1S/C18H18N2O3/c21-17(9-5-4-8-13-6-2-1-3-7-13)19-14-10-11-16-15(12-14)20-18(22)23-16/h1-3,6-7,10-12H,4-5,8-9H2,(H,19,21)(H,20,22). The number of H-pyrrole nitrogens is 1. The molecule has 0 atom stereocenters. The van der Waals surface area contributed by atoms with Crippen molar-refractivity contribution in [2.75, 3.05) is 5.32 Å². The number of anilines is 1. The fourth-order valence-corrected chi connectivity index (χ4v) is 2.51. The average molecular weight is 310 g/mol. The molecule has 0 spiro atoms. The Bertz CT molecular complexity index is 849. The molecule has 1 heterocycles. The molecule has 0 fully saturated rings. The summed E-state index contributed by atoms with van der Waals surface area (Å²) in [4.78, 5) is 25.6. The molecule has 5 heteroatoms. The van der Waals surface area contributed by atoms with Crippen molar-refractivity contribution in [2.24, 2.45) is 0 Å². The Kier molecular flexibility index (Phi) is 4.57. The largest absolute Gasteiger partial charge is 0.417 e. The van der Waals surface area contributed by atoms with Crippen molar-refractivity contribution in [1.82, 2.24) is 4.98 Å². The van der Waals surface area contributed by atoms with Crippen LogP contribution >= 0.6 is 0 Å². The molecule has 1 aromatic heterocycles. The second-order valence-electron chi connectivity index (χ2n) is 5.47. The number of aromatic nitrogens is 1. The van der Waals surface area contributed by atoms with Gasteiger partial charge in [-0.1, -0.05) is 30.3 Å². The van der Waals surface area contributed by atoms with Crippen molar-refractivity contribution in [1.29, 1.82) is 0 Å². The van der Waals surface area contributed by atoms with Crippen LogP contribution in [0.2, 0.25) is 0 Å². The van der Waals surface area contributed by atoms with Crippen molar-refractivity contribution in [3.8, 4) is 0 Å². The van der Waals surface area contributed by atoms with Gasteiger partial charge in [-0.3, -0.25) is 9.78 Å². The van der Waals surface area contributed by atoms with Crippen molar-refractivity contribution in [3.63, 3.8) is 0 Å². The summed E-state index contributed by atoms with van der Waals surface area (Å²) in [6, 6.07) is 15.3. The highest BCUT2D eigenvalue weighted by Crippen LogP contribution is 2.16. The summed E-state index contributed by atoms with van der Waals surface area (Å²) < 4.78 is 4.93. The van der Waals surface area contributed by atoms with Gasteiger partial charge in [0.15, 0.2) is 5.58 Å². The number of benzene rings is 2. The fraction of sp³-hybridized carbons (Fsp3) is 0.222. The molecular formula is C18H18N2O3. The number of fused-ring (bicyclic) bond motifs is 1. The van der Waals surface area contributed by atoms with Crippen molar-refractivity contribution < 1.29 is 9.21 Å². The van der Waals surface area contributed by atoms with Crippen LogP contribution in [-0.4, -0.2) is 10.9 Å². The van der Waals surface area contributed by atoms with E-state index in [4.69, 9.17) is 4.42 Å². The molecular weight excluding hydrogens is 292 g/mol. The molecule has 0 aliphatic carbocycles. The lowest BCUT2D eigenvalue weighted by Gasteiger charge is -2.05. The maximum atomic E-state index is 12.0. The first-order valence-electron chi connectivity index (χ1n) is 7.67. The maximum absolute atomic E-state index is 12.0. The fourth-order valence-electron chi connectivity index (χ4n) is 2.51. The van der Waals surface area contributed by atoms with E-state index >= 15 is 0 Å². The number of amides is 1. The summed E-state index contributed by atoms with van der Waals surface area (Å²) >= 11 is 0. The maximum Gasteiger partial charge on any atom is 0.417 e. The van der Waals surface area contributed by atoms with Gasteiger partial charge in [-0.15, -0.1) is 0 Å². The molecule has 0 radical (unpaired) electrons. The van der Waals surface area contributed by atoms with Gasteiger partial charge in [-0.25, -0.2) is 4.79 Å². The SMILES string of the molecule is O=C(CCCCc1ccccc1)Nc1ccc2oc(=O)[nH]c2c1. The Hall–Kier alpha value is -2.82. The monoisotopic (exact) mass is 310 g/mol. The third-order valence-electron chi connectivity index (χ3n) is 3.66. The molecule has 0 bridgehead atoms. The Morgan fingerprint density at radius 2 is 1.91 bits per heavy atom. The quantitative estimate of drug-likeness (QED) is 0.684. The van der Waals surface area contributed by atoms with Crippen LogP contribution in [0.4, 0.5) is 5.69 Å². The van der Waals surface area contributed by atoms with Gasteiger partial charge >= 0.3 is 5.76 Å². The number of unbranched alkanes of at least 4 members (excludes halogenated alkanes) is 1. The molecule has 5 nitrogen and oxygen atoms in total. The van der Waals surface area contributed by atoms with Gasteiger partial charge in [0.05, 0.1) is 5.52 Å². The third-order valence-corrected chi connectivity index (χ3v) is 3.66. The van der Waals surface area contributed by atoms with Crippen LogP contribution in [0.5, 0.6) is 0 Å². The highest BCUT2D eigenvalue weighted by atomic mass is 16.4. The Morgan fingerprint density at radius 3 is 2.74 bits per heavy atom. The molecule has 0 saturated carbocycles. The number of hydrogen-bond donors (Lipinski definition) is 2. The predicted octanol–water partition coefficient (Wildman–Crippen LogP) is 3.47. The van der Waals surface area contributed by atoms with Gasteiger partial charge in [0.2, 0.25) is 5.91 Å². The number of aromatic amines is 1. The Labute approximate surface area is 133 Å². The summed E-state index contributed by atoms with van der Waals surface area (Å²) in [7, 11) is 0.